The lowest BCUT2D eigenvalue weighted by Gasteiger charge is -2.35. The minimum absolute atomic E-state index is 0.0674. The van der Waals surface area contributed by atoms with Crippen LogP contribution in [0.3, 0.4) is 0 Å². The Labute approximate surface area is 88.8 Å². The van der Waals surface area contributed by atoms with Gasteiger partial charge in [-0.05, 0) is 33.4 Å². The molecule has 0 heterocycles. The summed E-state index contributed by atoms with van der Waals surface area (Å²) in [5.74, 6) is 0. The number of hydrogen-bond donors (Lipinski definition) is 1. The first kappa shape index (κ1) is 12.8. The van der Waals surface area contributed by atoms with Crippen LogP contribution in [0.15, 0.2) is 0 Å². The van der Waals surface area contributed by atoms with Crippen molar-refractivity contribution in [3.63, 3.8) is 0 Å². The Kier molecular flexibility index (Phi) is 4.40. The van der Waals surface area contributed by atoms with E-state index >= 15 is 0 Å². The van der Waals surface area contributed by atoms with Crippen molar-refractivity contribution in [2.75, 3.05) is 20.6 Å². The van der Waals surface area contributed by atoms with Crippen molar-refractivity contribution in [3.05, 3.63) is 0 Å². The topological polar surface area (TPSA) is 15.3 Å². The molecule has 2 unspecified atom stereocenters. The van der Waals surface area contributed by atoms with Crippen LogP contribution in [0.4, 0.5) is 13.2 Å². The molecule has 0 aromatic rings. The minimum atomic E-state index is -4.08. The van der Waals surface area contributed by atoms with Crippen LogP contribution >= 0.6 is 0 Å². The summed E-state index contributed by atoms with van der Waals surface area (Å²) in [6.45, 7) is -0.798. The van der Waals surface area contributed by atoms with E-state index in [1.807, 2.05) is 7.05 Å². The van der Waals surface area contributed by atoms with Gasteiger partial charge in [0.25, 0.3) is 0 Å². The van der Waals surface area contributed by atoms with Crippen LogP contribution in [0, 0.1) is 0 Å². The average Bonchev–Trinajstić information content (AvgIpc) is 2.15. The first-order valence-electron chi connectivity index (χ1n) is 5.36. The lowest BCUT2D eigenvalue weighted by molar-refractivity contribution is -0.148. The van der Waals surface area contributed by atoms with Gasteiger partial charge in [-0.15, -0.1) is 0 Å². The molecule has 0 saturated heterocycles. The highest BCUT2D eigenvalue weighted by Crippen LogP contribution is 2.25. The molecule has 0 aliphatic heterocycles. The third-order valence-electron chi connectivity index (χ3n) is 3.11. The van der Waals surface area contributed by atoms with Crippen LogP contribution in [0.25, 0.3) is 0 Å². The van der Waals surface area contributed by atoms with Crippen LogP contribution in [0.5, 0.6) is 0 Å². The molecule has 1 aliphatic rings. The molecule has 0 radical (unpaired) electrons. The van der Waals surface area contributed by atoms with Crippen LogP contribution in [0.1, 0.15) is 25.7 Å². The molecule has 0 amide bonds. The summed E-state index contributed by atoms with van der Waals surface area (Å²) in [7, 11) is 3.44. The molecule has 0 aromatic heterocycles. The fourth-order valence-corrected chi connectivity index (χ4v) is 2.24. The van der Waals surface area contributed by atoms with Crippen LogP contribution < -0.4 is 5.32 Å². The number of nitrogens with one attached hydrogen (secondary N) is 1. The minimum Gasteiger partial charge on any atom is -0.317 e. The molecule has 1 rings (SSSR count). The number of rotatable bonds is 3. The third kappa shape index (κ3) is 4.38. The maximum atomic E-state index is 12.2. The maximum Gasteiger partial charge on any atom is 0.401 e. The predicted molar refractivity (Wildman–Crippen MR) is 53.8 cm³/mol. The quantitative estimate of drug-likeness (QED) is 0.789. The standard InChI is InChI=1S/C10H19F3N2/c1-14-8-4-3-5-9(6-8)15(2)7-10(11,12)13/h8-9,14H,3-7H2,1-2H3. The number of hydrogen-bond acceptors (Lipinski definition) is 2. The Balaban J connectivity index is 2.41. The van der Waals surface area contributed by atoms with Gasteiger partial charge in [-0.25, -0.2) is 0 Å². The molecule has 1 saturated carbocycles. The van der Waals surface area contributed by atoms with E-state index in [1.54, 1.807) is 7.05 Å². The summed E-state index contributed by atoms with van der Waals surface area (Å²) in [6.07, 6.45) is -0.291. The molecule has 0 aromatic carbocycles. The second-order valence-electron chi connectivity index (χ2n) is 4.34. The zero-order valence-electron chi connectivity index (χ0n) is 9.27. The molecule has 15 heavy (non-hydrogen) atoms. The van der Waals surface area contributed by atoms with Gasteiger partial charge in [0.2, 0.25) is 0 Å². The molecular formula is C10H19F3N2. The lowest BCUT2D eigenvalue weighted by Crippen LogP contribution is -2.45. The molecule has 90 valence electrons. The number of halogens is 3. The van der Waals surface area contributed by atoms with Crippen LogP contribution in [0.2, 0.25) is 0 Å². The van der Waals surface area contributed by atoms with Crippen molar-refractivity contribution in [1.29, 1.82) is 0 Å². The Morgan fingerprint density at radius 1 is 1.33 bits per heavy atom. The summed E-state index contributed by atoms with van der Waals surface area (Å²) in [5, 5.41) is 3.14. The molecule has 1 N–H and O–H groups in total. The van der Waals surface area contributed by atoms with Gasteiger partial charge in [0, 0.05) is 12.1 Å². The highest BCUT2D eigenvalue weighted by molar-refractivity contribution is 4.82. The van der Waals surface area contributed by atoms with E-state index in [0.717, 1.165) is 25.7 Å². The maximum absolute atomic E-state index is 12.2. The van der Waals surface area contributed by atoms with Crippen molar-refractivity contribution < 1.29 is 13.2 Å². The summed E-state index contributed by atoms with van der Waals surface area (Å²) < 4.78 is 36.5. The van der Waals surface area contributed by atoms with E-state index < -0.39 is 12.7 Å². The lowest BCUT2D eigenvalue weighted by atomic mass is 9.90. The molecule has 2 atom stereocenters. The summed E-state index contributed by atoms with van der Waals surface area (Å²) in [4.78, 5) is 1.43. The number of alkyl halides is 3. The molecule has 5 heteroatoms. The highest BCUT2D eigenvalue weighted by Gasteiger charge is 2.33. The number of nitrogens with zero attached hydrogens (tertiary/aromatic N) is 1. The highest BCUT2D eigenvalue weighted by atomic mass is 19.4. The second-order valence-corrected chi connectivity index (χ2v) is 4.34. The summed E-state index contributed by atoms with van der Waals surface area (Å²) in [6, 6.07) is 0.442. The van der Waals surface area contributed by atoms with Gasteiger partial charge in [0.05, 0.1) is 6.54 Å². The Morgan fingerprint density at radius 2 is 2.00 bits per heavy atom. The van der Waals surface area contributed by atoms with Gasteiger partial charge in [-0.2, -0.15) is 13.2 Å². The Bertz CT molecular complexity index is 194. The zero-order valence-corrected chi connectivity index (χ0v) is 9.27. The van der Waals surface area contributed by atoms with E-state index in [1.165, 1.54) is 4.90 Å². The second kappa shape index (κ2) is 5.16. The zero-order chi connectivity index (χ0) is 11.5. The van der Waals surface area contributed by atoms with Gasteiger partial charge < -0.3 is 5.32 Å². The molecule has 1 aliphatic carbocycles. The van der Waals surface area contributed by atoms with Crippen molar-refractivity contribution in [2.45, 2.75) is 43.9 Å². The first-order valence-corrected chi connectivity index (χ1v) is 5.36. The van der Waals surface area contributed by atoms with Crippen LogP contribution in [-0.4, -0.2) is 43.8 Å². The monoisotopic (exact) mass is 224 g/mol. The summed E-state index contributed by atoms with van der Waals surface area (Å²) in [5.41, 5.74) is 0. The molecule has 1 fully saturated rings. The smallest absolute Gasteiger partial charge is 0.317 e. The van der Waals surface area contributed by atoms with E-state index in [2.05, 4.69) is 5.32 Å². The van der Waals surface area contributed by atoms with E-state index in [0.29, 0.717) is 6.04 Å². The Morgan fingerprint density at radius 3 is 2.53 bits per heavy atom. The normalized spacial score (nSPS) is 28.4. The first-order chi connectivity index (χ1) is 6.92. The third-order valence-corrected chi connectivity index (χ3v) is 3.11. The van der Waals surface area contributed by atoms with E-state index in [4.69, 9.17) is 0 Å². The van der Waals surface area contributed by atoms with Gasteiger partial charge in [-0.1, -0.05) is 6.42 Å². The largest absolute Gasteiger partial charge is 0.401 e. The van der Waals surface area contributed by atoms with Gasteiger partial charge in [-0.3, -0.25) is 4.90 Å². The van der Waals surface area contributed by atoms with Gasteiger partial charge in [0.1, 0.15) is 0 Å². The van der Waals surface area contributed by atoms with Crippen molar-refractivity contribution >= 4 is 0 Å². The fourth-order valence-electron chi connectivity index (χ4n) is 2.24. The fraction of sp³-hybridized carbons (Fsp3) is 1.00. The van der Waals surface area contributed by atoms with E-state index in [9.17, 15) is 13.2 Å². The van der Waals surface area contributed by atoms with Crippen molar-refractivity contribution in [2.24, 2.45) is 0 Å². The molecule has 0 spiro atoms. The van der Waals surface area contributed by atoms with E-state index in [-0.39, 0.29) is 6.04 Å². The summed E-state index contributed by atoms with van der Waals surface area (Å²) >= 11 is 0. The molecular weight excluding hydrogens is 205 g/mol. The molecule has 2 nitrogen and oxygen atoms in total. The van der Waals surface area contributed by atoms with Crippen LogP contribution in [-0.2, 0) is 0 Å². The average molecular weight is 224 g/mol. The Hall–Kier alpha value is -0.290. The molecule has 0 bridgehead atoms. The predicted octanol–water partition coefficient (Wildman–Crippen LogP) is 2.01. The van der Waals surface area contributed by atoms with Crippen molar-refractivity contribution in [1.82, 2.24) is 10.2 Å². The SMILES string of the molecule is CNC1CCCC(N(C)CC(F)(F)F)C1. The van der Waals surface area contributed by atoms with Gasteiger partial charge >= 0.3 is 6.18 Å². The van der Waals surface area contributed by atoms with Gasteiger partial charge in [0.15, 0.2) is 0 Å². The van der Waals surface area contributed by atoms with Crippen molar-refractivity contribution in [3.8, 4) is 0 Å².